The van der Waals surface area contributed by atoms with Crippen molar-refractivity contribution in [1.82, 2.24) is 4.90 Å². The van der Waals surface area contributed by atoms with Crippen LogP contribution in [0.2, 0.25) is 0 Å². The van der Waals surface area contributed by atoms with Crippen LogP contribution >= 0.6 is 0 Å². The van der Waals surface area contributed by atoms with Gasteiger partial charge in [-0.05, 0) is 22.9 Å². The number of carbonyl (C=O) groups excluding carboxylic acids is 1. The van der Waals surface area contributed by atoms with Crippen LogP contribution in [0, 0.1) is 0 Å². The van der Waals surface area contributed by atoms with Crippen molar-refractivity contribution in [1.29, 1.82) is 0 Å². The number of hydrogen-bond acceptors (Lipinski definition) is 2. The second-order valence-electron chi connectivity index (χ2n) is 4.45. The Morgan fingerprint density at radius 2 is 2.00 bits per heavy atom. The molecule has 104 valence electrons. The lowest BCUT2D eigenvalue weighted by Crippen LogP contribution is -2.37. The van der Waals surface area contributed by atoms with E-state index in [1.807, 2.05) is 42.5 Å². The van der Waals surface area contributed by atoms with E-state index in [0.717, 1.165) is 16.5 Å². The number of rotatable bonds is 5. The molecule has 0 radical (unpaired) electrons. The highest BCUT2D eigenvalue weighted by Crippen LogP contribution is 2.19. The topological polar surface area (TPSA) is 52.6 Å². The molecule has 2 aromatic rings. The van der Waals surface area contributed by atoms with Crippen LogP contribution in [0.25, 0.3) is 10.8 Å². The van der Waals surface area contributed by atoms with E-state index in [9.17, 15) is 4.79 Å². The van der Waals surface area contributed by atoms with Gasteiger partial charge in [0.05, 0.1) is 6.61 Å². The molecule has 2 amide bonds. The van der Waals surface area contributed by atoms with Gasteiger partial charge in [-0.3, -0.25) is 0 Å². The minimum atomic E-state index is -0.241. The first-order valence-electron chi connectivity index (χ1n) is 6.51. The van der Waals surface area contributed by atoms with Crippen LogP contribution in [-0.2, 0) is 0 Å². The second-order valence-corrected chi connectivity index (χ2v) is 4.45. The first-order chi connectivity index (χ1) is 9.74. The molecule has 0 aliphatic heterocycles. The maximum atomic E-state index is 12.1. The number of aliphatic hydroxyl groups is 1. The highest BCUT2D eigenvalue weighted by Gasteiger charge is 2.11. The van der Waals surface area contributed by atoms with Crippen LogP contribution in [0.1, 0.15) is 0 Å². The Morgan fingerprint density at radius 1 is 1.25 bits per heavy atom. The van der Waals surface area contributed by atoms with Gasteiger partial charge in [-0.1, -0.05) is 36.4 Å². The summed E-state index contributed by atoms with van der Waals surface area (Å²) < 4.78 is 0. The molecular formula is C16H18N2O2. The zero-order chi connectivity index (χ0) is 14.4. The van der Waals surface area contributed by atoms with Crippen LogP contribution < -0.4 is 5.32 Å². The normalized spacial score (nSPS) is 10.2. The van der Waals surface area contributed by atoms with E-state index in [4.69, 9.17) is 5.11 Å². The summed E-state index contributed by atoms with van der Waals surface area (Å²) in [7, 11) is 0. The summed E-state index contributed by atoms with van der Waals surface area (Å²) in [6.07, 6.45) is 1.63. The number of fused-ring (bicyclic) bond motifs is 1. The lowest BCUT2D eigenvalue weighted by Gasteiger charge is -2.20. The smallest absolute Gasteiger partial charge is 0.322 e. The fraction of sp³-hybridized carbons (Fsp3) is 0.188. The molecule has 4 nitrogen and oxygen atoms in total. The molecular weight excluding hydrogens is 252 g/mol. The monoisotopic (exact) mass is 270 g/mol. The van der Waals surface area contributed by atoms with E-state index in [0.29, 0.717) is 6.54 Å². The van der Waals surface area contributed by atoms with Gasteiger partial charge >= 0.3 is 6.03 Å². The summed E-state index contributed by atoms with van der Waals surface area (Å²) in [5, 5.41) is 14.0. The largest absolute Gasteiger partial charge is 0.395 e. The van der Waals surface area contributed by atoms with Gasteiger partial charge < -0.3 is 15.3 Å². The maximum Gasteiger partial charge on any atom is 0.322 e. The van der Waals surface area contributed by atoms with Crippen molar-refractivity contribution in [3.8, 4) is 0 Å². The van der Waals surface area contributed by atoms with Gasteiger partial charge in [0, 0.05) is 18.8 Å². The molecule has 0 aliphatic carbocycles. The van der Waals surface area contributed by atoms with Crippen molar-refractivity contribution in [3.05, 3.63) is 55.1 Å². The van der Waals surface area contributed by atoms with Crippen LogP contribution in [-0.4, -0.2) is 35.7 Å². The zero-order valence-corrected chi connectivity index (χ0v) is 11.2. The molecule has 2 rings (SSSR count). The van der Waals surface area contributed by atoms with Gasteiger partial charge in [0.15, 0.2) is 0 Å². The summed E-state index contributed by atoms with van der Waals surface area (Å²) in [6.45, 7) is 4.23. The van der Waals surface area contributed by atoms with Crippen LogP contribution in [0.3, 0.4) is 0 Å². The molecule has 0 heterocycles. The minimum Gasteiger partial charge on any atom is -0.395 e. The molecule has 0 saturated carbocycles. The number of nitrogens with zero attached hydrogens (tertiary/aromatic N) is 1. The Bertz CT molecular complexity index is 610. The highest BCUT2D eigenvalue weighted by molar-refractivity contribution is 5.93. The number of carbonyl (C=O) groups is 1. The van der Waals surface area contributed by atoms with Crippen molar-refractivity contribution in [2.24, 2.45) is 0 Å². The average Bonchev–Trinajstić information content (AvgIpc) is 2.47. The predicted octanol–water partition coefficient (Wildman–Crippen LogP) is 2.85. The third kappa shape index (κ3) is 3.36. The SMILES string of the molecule is C=CCN(CCO)C(=O)Nc1ccc2ccccc2c1. The fourth-order valence-electron chi connectivity index (χ4n) is 2.02. The Balaban J connectivity index is 2.13. The fourth-order valence-corrected chi connectivity index (χ4v) is 2.02. The van der Waals surface area contributed by atoms with Gasteiger partial charge in [-0.25, -0.2) is 4.79 Å². The Hall–Kier alpha value is -2.33. The molecule has 0 fully saturated rings. The number of benzene rings is 2. The van der Waals surface area contributed by atoms with Crippen LogP contribution in [0.15, 0.2) is 55.1 Å². The second kappa shape index (κ2) is 6.73. The number of urea groups is 1. The average molecular weight is 270 g/mol. The number of amides is 2. The van der Waals surface area contributed by atoms with Crippen molar-refractivity contribution in [2.45, 2.75) is 0 Å². The summed E-state index contributed by atoms with van der Waals surface area (Å²) >= 11 is 0. The van der Waals surface area contributed by atoms with E-state index in [1.54, 1.807) is 6.08 Å². The molecule has 2 aromatic carbocycles. The van der Waals surface area contributed by atoms with Crippen molar-refractivity contribution in [3.63, 3.8) is 0 Å². The lowest BCUT2D eigenvalue weighted by atomic mass is 10.1. The molecule has 0 spiro atoms. The molecule has 20 heavy (non-hydrogen) atoms. The molecule has 0 unspecified atom stereocenters. The zero-order valence-electron chi connectivity index (χ0n) is 11.2. The van der Waals surface area contributed by atoms with E-state index >= 15 is 0 Å². The van der Waals surface area contributed by atoms with Crippen molar-refractivity contribution < 1.29 is 9.90 Å². The number of aliphatic hydroxyl groups excluding tert-OH is 1. The standard InChI is InChI=1S/C16H18N2O2/c1-2-9-18(10-11-19)16(20)17-15-8-7-13-5-3-4-6-14(13)12-15/h2-8,12,19H,1,9-11H2,(H,17,20). The predicted molar refractivity (Wildman–Crippen MR) is 81.8 cm³/mol. The third-order valence-corrected chi connectivity index (χ3v) is 3.01. The van der Waals surface area contributed by atoms with E-state index < -0.39 is 0 Å². The number of hydrogen-bond donors (Lipinski definition) is 2. The van der Waals surface area contributed by atoms with Crippen molar-refractivity contribution >= 4 is 22.5 Å². The number of nitrogens with one attached hydrogen (secondary N) is 1. The molecule has 0 aromatic heterocycles. The van der Waals surface area contributed by atoms with Gasteiger partial charge in [-0.15, -0.1) is 6.58 Å². The highest BCUT2D eigenvalue weighted by atomic mass is 16.3. The van der Waals surface area contributed by atoms with Gasteiger partial charge in [-0.2, -0.15) is 0 Å². The van der Waals surface area contributed by atoms with Gasteiger partial charge in [0.2, 0.25) is 0 Å². The van der Waals surface area contributed by atoms with Gasteiger partial charge in [0.25, 0.3) is 0 Å². The van der Waals surface area contributed by atoms with E-state index in [1.165, 1.54) is 4.90 Å². The van der Waals surface area contributed by atoms with Crippen LogP contribution in [0.4, 0.5) is 10.5 Å². The minimum absolute atomic E-state index is 0.0705. The Kier molecular flexibility index (Phi) is 4.74. The number of anilines is 1. The summed E-state index contributed by atoms with van der Waals surface area (Å²) in [5.41, 5.74) is 0.737. The molecule has 4 heteroatoms. The molecule has 0 saturated heterocycles. The Labute approximate surface area is 118 Å². The molecule has 0 bridgehead atoms. The maximum absolute atomic E-state index is 12.1. The molecule has 0 atom stereocenters. The van der Waals surface area contributed by atoms with E-state index in [2.05, 4.69) is 11.9 Å². The van der Waals surface area contributed by atoms with Crippen LogP contribution in [0.5, 0.6) is 0 Å². The summed E-state index contributed by atoms with van der Waals surface area (Å²) in [6, 6.07) is 13.5. The first-order valence-corrected chi connectivity index (χ1v) is 6.51. The molecule has 0 aliphatic rings. The third-order valence-electron chi connectivity index (χ3n) is 3.01. The lowest BCUT2D eigenvalue weighted by molar-refractivity contribution is 0.195. The summed E-state index contributed by atoms with van der Waals surface area (Å²) in [4.78, 5) is 13.6. The quantitative estimate of drug-likeness (QED) is 0.821. The van der Waals surface area contributed by atoms with Gasteiger partial charge in [0.1, 0.15) is 0 Å². The Morgan fingerprint density at radius 3 is 2.70 bits per heavy atom. The summed E-state index contributed by atoms with van der Waals surface area (Å²) in [5.74, 6) is 0. The van der Waals surface area contributed by atoms with Crippen molar-refractivity contribution in [2.75, 3.05) is 25.0 Å². The first kappa shape index (κ1) is 14.1. The molecule has 2 N–H and O–H groups in total. The van der Waals surface area contributed by atoms with E-state index in [-0.39, 0.29) is 19.2 Å².